The molecule has 2 aromatic heterocycles. The van der Waals surface area contributed by atoms with Crippen LogP contribution in [0.4, 0.5) is 5.69 Å². The average Bonchev–Trinajstić information content (AvgIpc) is 2.85. The zero-order valence-corrected chi connectivity index (χ0v) is 13.1. The van der Waals surface area contributed by atoms with Gasteiger partial charge in [0.15, 0.2) is 0 Å². The number of hydrogen-bond donors (Lipinski definition) is 2. The van der Waals surface area contributed by atoms with Crippen molar-refractivity contribution < 1.29 is 4.79 Å². The molecule has 0 fully saturated rings. The molecule has 0 aliphatic rings. The van der Waals surface area contributed by atoms with E-state index in [1.807, 2.05) is 26.0 Å². The number of rotatable bonds is 4. The van der Waals surface area contributed by atoms with Crippen molar-refractivity contribution >= 4 is 22.5 Å². The largest absolute Gasteiger partial charge is 0.349 e. The second-order valence-electron chi connectivity index (χ2n) is 5.53. The van der Waals surface area contributed by atoms with E-state index < -0.39 is 0 Å². The van der Waals surface area contributed by atoms with Crippen molar-refractivity contribution in [3.05, 3.63) is 58.4 Å². The number of fused-ring (bicyclic) bond motifs is 1. The molecule has 0 unspecified atom stereocenters. The van der Waals surface area contributed by atoms with E-state index in [4.69, 9.17) is 0 Å². The van der Waals surface area contributed by atoms with Gasteiger partial charge in [-0.25, -0.2) is 4.98 Å². The van der Waals surface area contributed by atoms with Crippen LogP contribution in [0, 0.1) is 13.8 Å². The lowest BCUT2D eigenvalue weighted by atomic mass is 10.2. The third-order valence-corrected chi connectivity index (χ3v) is 3.90. The number of carbonyl (C=O) groups is 1. The van der Waals surface area contributed by atoms with Crippen molar-refractivity contribution in [1.82, 2.24) is 14.5 Å². The fraction of sp³-hybridized carbons (Fsp3) is 0.235. The Bertz CT molecular complexity index is 904. The highest BCUT2D eigenvalue weighted by Crippen LogP contribution is 2.14. The topological polar surface area (TPSA) is 79.8 Å². The van der Waals surface area contributed by atoms with Crippen molar-refractivity contribution in [2.45, 2.75) is 26.8 Å². The summed E-state index contributed by atoms with van der Waals surface area (Å²) in [6.07, 6.45) is 1.74. The van der Waals surface area contributed by atoms with E-state index in [1.54, 1.807) is 18.2 Å². The van der Waals surface area contributed by atoms with Crippen molar-refractivity contribution in [3.63, 3.8) is 0 Å². The van der Waals surface area contributed by atoms with Crippen LogP contribution in [0.1, 0.15) is 17.8 Å². The van der Waals surface area contributed by atoms with Crippen LogP contribution in [0.3, 0.4) is 0 Å². The van der Waals surface area contributed by atoms with E-state index in [0.29, 0.717) is 29.6 Å². The number of anilines is 1. The maximum Gasteiger partial charge on any atom is 0.258 e. The van der Waals surface area contributed by atoms with E-state index in [0.717, 1.165) is 11.4 Å². The summed E-state index contributed by atoms with van der Waals surface area (Å²) in [4.78, 5) is 30.5. The number of aromatic nitrogens is 3. The van der Waals surface area contributed by atoms with Gasteiger partial charge in [0.05, 0.1) is 17.2 Å². The van der Waals surface area contributed by atoms with E-state index in [1.165, 1.54) is 6.33 Å². The molecule has 1 aromatic carbocycles. The lowest BCUT2D eigenvalue weighted by molar-refractivity contribution is -0.116. The molecule has 2 heterocycles. The number of nitrogens with zero attached hydrogens (tertiary/aromatic N) is 2. The second kappa shape index (κ2) is 6.08. The number of hydrogen-bond acceptors (Lipinski definition) is 3. The Labute approximate surface area is 133 Å². The summed E-state index contributed by atoms with van der Waals surface area (Å²) in [6.45, 7) is 4.67. The first-order chi connectivity index (χ1) is 11.0. The Morgan fingerprint density at radius 2 is 1.96 bits per heavy atom. The van der Waals surface area contributed by atoms with Gasteiger partial charge in [-0.2, -0.15) is 0 Å². The molecule has 0 bridgehead atoms. The van der Waals surface area contributed by atoms with Gasteiger partial charge in [0.2, 0.25) is 5.91 Å². The standard InChI is InChI=1S/C17H18N4O2/c1-11-3-4-12(2)21(11)8-7-16(22)20-13-5-6-15-14(9-13)17(23)19-10-18-15/h3-6,9-10H,7-8H2,1-2H3,(H,20,22)(H,18,19,23). The van der Waals surface area contributed by atoms with E-state index >= 15 is 0 Å². The van der Waals surface area contributed by atoms with Crippen LogP contribution in [0.2, 0.25) is 0 Å². The molecular weight excluding hydrogens is 292 g/mol. The van der Waals surface area contributed by atoms with Gasteiger partial charge in [-0.1, -0.05) is 0 Å². The van der Waals surface area contributed by atoms with Crippen molar-refractivity contribution in [2.24, 2.45) is 0 Å². The van der Waals surface area contributed by atoms with Crippen LogP contribution in [-0.2, 0) is 11.3 Å². The van der Waals surface area contributed by atoms with Crippen molar-refractivity contribution in [3.8, 4) is 0 Å². The van der Waals surface area contributed by atoms with E-state index in [2.05, 4.69) is 19.9 Å². The molecule has 0 atom stereocenters. The molecule has 0 saturated heterocycles. The van der Waals surface area contributed by atoms with Gasteiger partial charge in [-0.15, -0.1) is 0 Å². The fourth-order valence-corrected chi connectivity index (χ4v) is 2.64. The second-order valence-corrected chi connectivity index (χ2v) is 5.53. The van der Waals surface area contributed by atoms with Crippen molar-refractivity contribution in [2.75, 3.05) is 5.32 Å². The molecule has 118 valence electrons. The van der Waals surface area contributed by atoms with Crippen LogP contribution in [0.15, 0.2) is 41.5 Å². The van der Waals surface area contributed by atoms with E-state index in [-0.39, 0.29) is 11.5 Å². The number of benzene rings is 1. The summed E-state index contributed by atoms with van der Waals surface area (Å²) in [7, 11) is 0. The normalized spacial score (nSPS) is 10.9. The Hall–Kier alpha value is -2.89. The number of H-pyrrole nitrogens is 1. The lowest BCUT2D eigenvalue weighted by Gasteiger charge is -2.10. The number of nitrogens with one attached hydrogen (secondary N) is 2. The number of carbonyl (C=O) groups excluding carboxylic acids is 1. The minimum atomic E-state index is -0.218. The number of amides is 1. The van der Waals surface area contributed by atoms with E-state index in [9.17, 15) is 9.59 Å². The van der Waals surface area contributed by atoms with Crippen LogP contribution >= 0.6 is 0 Å². The third kappa shape index (κ3) is 3.15. The molecule has 6 nitrogen and oxygen atoms in total. The molecule has 0 radical (unpaired) electrons. The number of aromatic amines is 1. The summed E-state index contributed by atoms with van der Waals surface area (Å²) < 4.78 is 2.11. The Kier molecular flexibility index (Phi) is 3.97. The predicted molar refractivity (Wildman–Crippen MR) is 89.5 cm³/mol. The Balaban J connectivity index is 1.70. The van der Waals surface area contributed by atoms with Crippen molar-refractivity contribution in [1.29, 1.82) is 0 Å². The predicted octanol–water partition coefficient (Wildman–Crippen LogP) is 2.37. The van der Waals surface area contributed by atoms with Gasteiger partial charge < -0.3 is 14.9 Å². The fourth-order valence-electron chi connectivity index (χ4n) is 2.64. The summed E-state index contributed by atoms with van der Waals surface area (Å²) in [5.74, 6) is -0.0860. The Morgan fingerprint density at radius 1 is 1.22 bits per heavy atom. The molecule has 0 saturated carbocycles. The smallest absolute Gasteiger partial charge is 0.258 e. The first-order valence-corrected chi connectivity index (χ1v) is 7.44. The van der Waals surface area contributed by atoms with Gasteiger partial charge in [-0.05, 0) is 44.2 Å². The molecule has 3 rings (SSSR count). The lowest BCUT2D eigenvalue weighted by Crippen LogP contribution is -2.16. The highest BCUT2D eigenvalue weighted by Gasteiger charge is 2.07. The Morgan fingerprint density at radius 3 is 2.70 bits per heavy atom. The molecule has 2 N–H and O–H groups in total. The maximum atomic E-state index is 12.1. The summed E-state index contributed by atoms with van der Waals surface area (Å²) in [5.41, 5.74) is 3.26. The van der Waals surface area contributed by atoms with Crippen LogP contribution in [0.25, 0.3) is 10.9 Å². The van der Waals surface area contributed by atoms with Crippen LogP contribution in [-0.4, -0.2) is 20.4 Å². The van der Waals surface area contributed by atoms with Gasteiger partial charge in [-0.3, -0.25) is 9.59 Å². The molecule has 1 amide bonds. The first kappa shape index (κ1) is 15.0. The summed E-state index contributed by atoms with van der Waals surface area (Å²) >= 11 is 0. The highest BCUT2D eigenvalue weighted by molar-refractivity contribution is 5.93. The summed E-state index contributed by atoms with van der Waals surface area (Å²) in [5, 5.41) is 3.29. The minimum Gasteiger partial charge on any atom is -0.349 e. The molecule has 0 aliphatic heterocycles. The molecule has 0 spiro atoms. The van der Waals surface area contributed by atoms with Gasteiger partial charge >= 0.3 is 0 Å². The quantitative estimate of drug-likeness (QED) is 0.776. The SMILES string of the molecule is Cc1ccc(C)n1CCC(=O)Nc1ccc2nc[nH]c(=O)c2c1. The highest BCUT2D eigenvalue weighted by atomic mass is 16.1. The maximum absolute atomic E-state index is 12.1. The monoisotopic (exact) mass is 310 g/mol. The van der Waals surface area contributed by atoms with Gasteiger partial charge in [0.25, 0.3) is 5.56 Å². The zero-order chi connectivity index (χ0) is 16.4. The third-order valence-electron chi connectivity index (χ3n) is 3.90. The molecule has 3 aromatic rings. The molecule has 6 heteroatoms. The number of aryl methyl sites for hydroxylation is 2. The average molecular weight is 310 g/mol. The molecule has 0 aliphatic carbocycles. The van der Waals surface area contributed by atoms with Crippen LogP contribution in [0.5, 0.6) is 0 Å². The van der Waals surface area contributed by atoms with Crippen LogP contribution < -0.4 is 10.9 Å². The minimum absolute atomic E-state index is 0.0860. The summed E-state index contributed by atoms with van der Waals surface area (Å²) in [6, 6.07) is 9.19. The zero-order valence-electron chi connectivity index (χ0n) is 13.1. The van der Waals surface area contributed by atoms with Gasteiger partial charge in [0.1, 0.15) is 0 Å². The molecule has 23 heavy (non-hydrogen) atoms. The van der Waals surface area contributed by atoms with Gasteiger partial charge in [0, 0.05) is 30.0 Å². The first-order valence-electron chi connectivity index (χ1n) is 7.44. The molecular formula is C17H18N4O2.